The zero-order valence-electron chi connectivity index (χ0n) is 14.3. The van der Waals surface area contributed by atoms with Crippen LogP contribution in [0.1, 0.15) is 30.6 Å². The molecule has 0 aliphatic heterocycles. The van der Waals surface area contributed by atoms with Crippen LogP contribution in [0.25, 0.3) is 0 Å². The van der Waals surface area contributed by atoms with Crippen molar-refractivity contribution in [2.24, 2.45) is 0 Å². The van der Waals surface area contributed by atoms with Gasteiger partial charge in [-0.1, -0.05) is 0 Å². The number of aromatic nitrogens is 6. The Hall–Kier alpha value is -2.49. The molecule has 26 heavy (non-hydrogen) atoms. The first-order valence-electron chi connectivity index (χ1n) is 8.26. The minimum Gasteiger partial charge on any atom is -0.372 e. The van der Waals surface area contributed by atoms with Crippen molar-refractivity contribution in [2.75, 3.05) is 17.7 Å². The number of anilines is 3. The van der Waals surface area contributed by atoms with Gasteiger partial charge < -0.3 is 10.6 Å². The van der Waals surface area contributed by atoms with E-state index in [-0.39, 0.29) is 17.9 Å². The zero-order chi connectivity index (χ0) is 18.3. The second-order valence-corrected chi connectivity index (χ2v) is 7.13. The molecule has 0 atom stereocenters. The number of nitrogens with zero attached hydrogens (tertiary/aromatic N) is 6. The van der Waals surface area contributed by atoms with Crippen molar-refractivity contribution in [3.05, 3.63) is 40.8 Å². The van der Waals surface area contributed by atoms with Crippen LogP contribution in [0.5, 0.6) is 0 Å². The van der Waals surface area contributed by atoms with Gasteiger partial charge in [-0.15, -0.1) is 0 Å². The molecule has 0 amide bonds. The van der Waals surface area contributed by atoms with Crippen LogP contribution >= 0.6 is 15.9 Å². The summed E-state index contributed by atoms with van der Waals surface area (Å²) in [4.78, 5) is 8.68. The van der Waals surface area contributed by atoms with E-state index in [1.807, 2.05) is 11.6 Å². The van der Waals surface area contributed by atoms with Gasteiger partial charge >= 0.3 is 0 Å². The Kier molecular flexibility index (Phi) is 4.35. The molecule has 4 rings (SSSR count). The van der Waals surface area contributed by atoms with E-state index in [1.165, 1.54) is 12.4 Å². The minimum absolute atomic E-state index is 0.220. The minimum atomic E-state index is -0.300. The van der Waals surface area contributed by atoms with Crippen molar-refractivity contribution in [2.45, 2.75) is 31.8 Å². The third-order valence-electron chi connectivity index (χ3n) is 4.65. The fraction of sp³-hybridized carbons (Fsp3) is 0.375. The van der Waals surface area contributed by atoms with E-state index in [9.17, 15) is 4.39 Å². The number of rotatable bonds is 5. The van der Waals surface area contributed by atoms with Gasteiger partial charge in [0.15, 0.2) is 5.82 Å². The Balaban J connectivity index is 1.46. The molecule has 0 radical (unpaired) electrons. The third kappa shape index (κ3) is 3.05. The maximum absolute atomic E-state index is 13.1. The molecule has 8 nitrogen and oxygen atoms in total. The maximum Gasteiger partial charge on any atom is 0.229 e. The van der Waals surface area contributed by atoms with Gasteiger partial charge in [-0.25, -0.2) is 9.37 Å². The standard InChI is InChI=1S/C16H18BrFN8/c1-9-14(23-16-20-6-13(17)15(19-2)24-16)7-22-26(9)12-3-11(4-12)25-8-10(18)5-21-25/h5-8,11-12H,3-4H2,1-2H3,(H2,19,20,23,24). The van der Waals surface area contributed by atoms with Crippen molar-refractivity contribution < 1.29 is 4.39 Å². The molecule has 136 valence electrons. The van der Waals surface area contributed by atoms with Crippen molar-refractivity contribution >= 4 is 33.4 Å². The molecular formula is C16H18BrFN8. The normalized spacial score (nSPS) is 19.2. The van der Waals surface area contributed by atoms with Gasteiger partial charge in [0.05, 0.1) is 46.5 Å². The highest BCUT2D eigenvalue weighted by molar-refractivity contribution is 9.10. The van der Waals surface area contributed by atoms with Crippen LogP contribution < -0.4 is 10.6 Å². The van der Waals surface area contributed by atoms with Crippen LogP contribution in [-0.4, -0.2) is 36.6 Å². The summed E-state index contributed by atoms with van der Waals surface area (Å²) in [5.41, 5.74) is 1.88. The van der Waals surface area contributed by atoms with Gasteiger partial charge in [0, 0.05) is 13.2 Å². The molecule has 3 heterocycles. The highest BCUT2D eigenvalue weighted by Gasteiger charge is 2.34. The summed E-state index contributed by atoms with van der Waals surface area (Å²) in [6, 6.07) is 0.499. The van der Waals surface area contributed by atoms with Crippen LogP contribution in [-0.2, 0) is 0 Å². The Bertz CT molecular complexity index is 930. The highest BCUT2D eigenvalue weighted by Crippen LogP contribution is 2.42. The predicted octanol–water partition coefficient (Wildman–Crippen LogP) is 3.44. The zero-order valence-corrected chi connectivity index (χ0v) is 15.9. The lowest BCUT2D eigenvalue weighted by atomic mass is 9.87. The van der Waals surface area contributed by atoms with Gasteiger partial charge in [-0.05, 0) is 35.7 Å². The van der Waals surface area contributed by atoms with Crippen molar-refractivity contribution in [1.82, 2.24) is 29.5 Å². The van der Waals surface area contributed by atoms with E-state index in [1.54, 1.807) is 24.1 Å². The molecule has 0 unspecified atom stereocenters. The number of nitrogens with one attached hydrogen (secondary N) is 2. The maximum atomic E-state index is 13.1. The van der Waals surface area contributed by atoms with Gasteiger partial charge in [0.1, 0.15) is 5.82 Å². The molecule has 3 aromatic heterocycles. The summed E-state index contributed by atoms with van der Waals surface area (Å²) in [6.45, 7) is 2.01. The summed E-state index contributed by atoms with van der Waals surface area (Å²) in [6.07, 6.45) is 7.91. The van der Waals surface area contributed by atoms with Crippen molar-refractivity contribution in [3.63, 3.8) is 0 Å². The van der Waals surface area contributed by atoms with Gasteiger partial charge in [-0.2, -0.15) is 15.2 Å². The molecule has 1 fully saturated rings. The van der Waals surface area contributed by atoms with Crippen LogP contribution in [0.2, 0.25) is 0 Å². The van der Waals surface area contributed by atoms with Gasteiger partial charge in [0.2, 0.25) is 5.95 Å². The predicted molar refractivity (Wildman–Crippen MR) is 99.0 cm³/mol. The van der Waals surface area contributed by atoms with E-state index >= 15 is 0 Å². The number of halogens is 2. The Morgan fingerprint density at radius 2 is 2.00 bits per heavy atom. The average molecular weight is 421 g/mol. The first-order chi connectivity index (χ1) is 12.5. The topological polar surface area (TPSA) is 85.5 Å². The molecule has 0 saturated heterocycles. The van der Waals surface area contributed by atoms with E-state index in [2.05, 4.69) is 46.7 Å². The molecular weight excluding hydrogens is 403 g/mol. The molecule has 1 aliphatic carbocycles. The van der Waals surface area contributed by atoms with Crippen LogP contribution in [0, 0.1) is 12.7 Å². The summed E-state index contributed by atoms with van der Waals surface area (Å²) in [5, 5.41) is 14.8. The average Bonchev–Trinajstić information content (AvgIpc) is 3.16. The van der Waals surface area contributed by atoms with Crippen LogP contribution in [0.4, 0.5) is 21.8 Å². The fourth-order valence-corrected chi connectivity index (χ4v) is 3.52. The molecule has 2 N–H and O–H groups in total. The van der Waals surface area contributed by atoms with Gasteiger partial charge in [-0.3, -0.25) is 9.36 Å². The van der Waals surface area contributed by atoms with E-state index in [0.717, 1.165) is 28.7 Å². The molecule has 10 heteroatoms. The molecule has 3 aromatic rings. The SMILES string of the molecule is CNc1nc(Nc2cnn(C3CC(n4cc(F)cn4)C3)c2C)ncc1Br. The van der Waals surface area contributed by atoms with Gasteiger partial charge in [0.25, 0.3) is 0 Å². The lowest BCUT2D eigenvalue weighted by molar-refractivity contribution is 0.173. The Labute approximate surface area is 158 Å². The largest absolute Gasteiger partial charge is 0.372 e. The molecule has 1 saturated carbocycles. The first-order valence-corrected chi connectivity index (χ1v) is 9.05. The number of hydrogen-bond donors (Lipinski definition) is 2. The lowest BCUT2D eigenvalue weighted by Gasteiger charge is -2.36. The molecule has 0 spiro atoms. The Morgan fingerprint density at radius 3 is 2.69 bits per heavy atom. The number of hydrogen-bond acceptors (Lipinski definition) is 6. The monoisotopic (exact) mass is 420 g/mol. The first kappa shape index (κ1) is 17.0. The summed E-state index contributed by atoms with van der Waals surface area (Å²) < 4.78 is 17.6. The second-order valence-electron chi connectivity index (χ2n) is 6.27. The lowest BCUT2D eigenvalue weighted by Crippen LogP contribution is -2.30. The van der Waals surface area contributed by atoms with Crippen molar-refractivity contribution in [1.29, 1.82) is 0 Å². The second kappa shape index (κ2) is 6.67. The summed E-state index contributed by atoms with van der Waals surface area (Å²) in [7, 11) is 1.80. The Morgan fingerprint density at radius 1 is 1.19 bits per heavy atom. The highest BCUT2D eigenvalue weighted by atomic mass is 79.9. The molecule has 0 aromatic carbocycles. The molecule has 1 aliphatic rings. The fourth-order valence-electron chi connectivity index (χ4n) is 3.13. The summed E-state index contributed by atoms with van der Waals surface area (Å²) >= 11 is 3.39. The van der Waals surface area contributed by atoms with Crippen LogP contribution in [0.3, 0.4) is 0 Å². The molecule has 0 bridgehead atoms. The van der Waals surface area contributed by atoms with E-state index < -0.39 is 0 Å². The third-order valence-corrected chi connectivity index (χ3v) is 5.23. The van der Waals surface area contributed by atoms with Crippen molar-refractivity contribution in [3.8, 4) is 0 Å². The quantitative estimate of drug-likeness (QED) is 0.657. The van der Waals surface area contributed by atoms with E-state index in [0.29, 0.717) is 11.8 Å². The summed E-state index contributed by atoms with van der Waals surface area (Å²) in [5.74, 6) is 0.908. The smallest absolute Gasteiger partial charge is 0.229 e. The van der Waals surface area contributed by atoms with Crippen LogP contribution in [0.15, 0.2) is 29.3 Å². The van der Waals surface area contributed by atoms with E-state index in [4.69, 9.17) is 0 Å².